The molecule has 2 aromatic carbocycles. The molecule has 114 valence electrons. The van der Waals surface area contributed by atoms with Gasteiger partial charge in [-0.2, -0.15) is 0 Å². The SMILES string of the molecule is Cc1ccc(CNC(=O)[C@H](C)NC(=O)c2ccccc2)cc1. The number of nitrogens with one attached hydrogen (secondary N) is 2. The number of benzene rings is 2. The molecule has 0 fully saturated rings. The Balaban J connectivity index is 1.84. The van der Waals surface area contributed by atoms with E-state index in [0.29, 0.717) is 12.1 Å². The lowest BCUT2D eigenvalue weighted by Gasteiger charge is -2.14. The smallest absolute Gasteiger partial charge is 0.251 e. The van der Waals surface area contributed by atoms with Crippen molar-refractivity contribution in [2.75, 3.05) is 0 Å². The highest BCUT2D eigenvalue weighted by molar-refractivity contribution is 5.97. The third-order valence-corrected chi connectivity index (χ3v) is 3.36. The predicted molar refractivity (Wildman–Crippen MR) is 86.4 cm³/mol. The molecule has 0 aromatic heterocycles. The summed E-state index contributed by atoms with van der Waals surface area (Å²) in [6, 6.07) is 16.2. The van der Waals surface area contributed by atoms with Gasteiger partial charge in [0, 0.05) is 12.1 Å². The summed E-state index contributed by atoms with van der Waals surface area (Å²) in [5.41, 5.74) is 2.75. The van der Waals surface area contributed by atoms with Crippen molar-refractivity contribution >= 4 is 11.8 Å². The first-order valence-corrected chi connectivity index (χ1v) is 7.25. The Labute approximate surface area is 130 Å². The second kappa shape index (κ2) is 7.41. The number of hydrogen-bond acceptors (Lipinski definition) is 2. The molecule has 4 heteroatoms. The van der Waals surface area contributed by atoms with Crippen molar-refractivity contribution in [3.63, 3.8) is 0 Å². The zero-order chi connectivity index (χ0) is 15.9. The number of carbonyl (C=O) groups is 2. The summed E-state index contributed by atoms with van der Waals surface area (Å²) in [4.78, 5) is 24.0. The summed E-state index contributed by atoms with van der Waals surface area (Å²) >= 11 is 0. The minimum atomic E-state index is -0.585. The first-order chi connectivity index (χ1) is 10.6. The second-order valence-electron chi connectivity index (χ2n) is 5.26. The molecule has 0 aliphatic rings. The largest absolute Gasteiger partial charge is 0.350 e. The summed E-state index contributed by atoms with van der Waals surface area (Å²) in [5, 5.41) is 5.51. The average molecular weight is 296 g/mol. The molecule has 0 radical (unpaired) electrons. The lowest BCUT2D eigenvalue weighted by Crippen LogP contribution is -2.44. The van der Waals surface area contributed by atoms with Crippen molar-refractivity contribution in [2.24, 2.45) is 0 Å². The molecule has 4 nitrogen and oxygen atoms in total. The van der Waals surface area contributed by atoms with Gasteiger partial charge in [-0.3, -0.25) is 9.59 Å². The summed E-state index contributed by atoms with van der Waals surface area (Å²) in [6.45, 7) is 4.14. The number of rotatable bonds is 5. The van der Waals surface area contributed by atoms with Crippen LogP contribution in [0.5, 0.6) is 0 Å². The van der Waals surface area contributed by atoms with Crippen LogP contribution < -0.4 is 10.6 Å². The van der Waals surface area contributed by atoms with Crippen LogP contribution in [0.15, 0.2) is 54.6 Å². The number of aryl methyl sites for hydroxylation is 1. The number of carbonyl (C=O) groups excluding carboxylic acids is 2. The summed E-state index contributed by atoms with van der Waals surface area (Å²) < 4.78 is 0. The zero-order valence-corrected chi connectivity index (χ0v) is 12.8. The Hall–Kier alpha value is -2.62. The number of amides is 2. The number of hydrogen-bond donors (Lipinski definition) is 2. The fourth-order valence-electron chi connectivity index (χ4n) is 1.98. The average Bonchev–Trinajstić information content (AvgIpc) is 2.54. The molecule has 22 heavy (non-hydrogen) atoms. The highest BCUT2D eigenvalue weighted by atomic mass is 16.2. The fraction of sp³-hybridized carbons (Fsp3) is 0.222. The van der Waals surface area contributed by atoms with Gasteiger partial charge >= 0.3 is 0 Å². The Morgan fingerprint density at radius 3 is 2.27 bits per heavy atom. The van der Waals surface area contributed by atoms with Gasteiger partial charge in [-0.15, -0.1) is 0 Å². The molecule has 0 saturated carbocycles. The van der Waals surface area contributed by atoms with Crippen molar-refractivity contribution in [3.05, 3.63) is 71.3 Å². The van der Waals surface area contributed by atoms with E-state index in [1.54, 1.807) is 31.2 Å². The standard InChI is InChI=1S/C18H20N2O2/c1-13-8-10-15(11-9-13)12-19-17(21)14(2)20-18(22)16-6-4-3-5-7-16/h3-11,14H,12H2,1-2H3,(H,19,21)(H,20,22)/t14-/m0/s1. The minimum Gasteiger partial charge on any atom is -0.350 e. The molecule has 0 saturated heterocycles. The Bertz CT molecular complexity index is 636. The highest BCUT2D eigenvalue weighted by Crippen LogP contribution is 2.03. The third-order valence-electron chi connectivity index (χ3n) is 3.36. The normalized spacial score (nSPS) is 11.5. The maximum absolute atomic E-state index is 12.0. The van der Waals surface area contributed by atoms with Crippen LogP contribution >= 0.6 is 0 Å². The summed E-state index contributed by atoms with van der Waals surface area (Å²) in [7, 11) is 0. The van der Waals surface area contributed by atoms with Crippen LogP contribution in [-0.4, -0.2) is 17.9 Å². The molecule has 0 unspecified atom stereocenters. The van der Waals surface area contributed by atoms with Crippen molar-refractivity contribution in [2.45, 2.75) is 26.4 Å². The van der Waals surface area contributed by atoms with Crippen molar-refractivity contribution in [3.8, 4) is 0 Å². The van der Waals surface area contributed by atoms with Gasteiger partial charge in [0.25, 0.3) is 5.91 Å². The molecule has 0 heterocycles. The molecule has 0 aliphatic heterocycles. The maximum Gasteiger partial charge on any atom is 0.251 e. The van der Waals surface area contributed by atoms with Crippen molar-refractivity contribution < 1.29 is 9.59 Å². The van der Waals surface area contributed by atoms with E-state index in [1.807, 2.05) is 37.3 Å². The topological polar surface area (TPSA) is 58.2 Å². The Morgan fingerprint density at radius 1 is 1.00 bits per heavy atom. The molecule has 2 rings (SSSR count). The molecular weight excluding hydrogens is 276 g/mol. The van der Waals surface area contributed by atoms with Crippen LogP contribution in [0, 0.1) is 6.92 Å². The van der Waals surface area contributed by atoms with Crippen LogP contribution in [0.1, 0.15) is 28.4 Å². The Morgan fingerprint density at radius 2 is 1.64 bits per heavy atom. The van der Waals surface area contributed by atoms with Gasteiger partial charge in [-0.05, 0) is 31.5 Å². The van der Waals surface area contributed by atoms with Gasteiger partial charge in [-0.1, -0.05) is 48.0 Å². The fourth-order valence-corrected chi connectivity index (χ4v) is 1.98. The first kappa shape index (κ1) is 15.8. The van der Waals surface area contributed by atoms with Crippen LogP contribution in [0.3, 0.4) is 0 Å². The van der Waals surface area contributed by atoms with E-state index in [1.165, 1.54) is 5.56 Å². The Kier molecular flexibility index (Phi) is 5.31. The van der Waals surface area contributed by atoms with E-state index in [0.717, 1.165) is 5.56 Å². The summed E-state index contributed by atoms with van der Waals surface area (Å²) in [6.07, 6.45) is 0. The van der Waals surface area contributed by atoms with Crippen LogP contribution in [-0.2, 0) is 11.3 Å². The van der Waals surface area contributed by atoms with E-state index in [4.69, 9.17) is 0 Å². The van der Waals surface area contributed by atoms with Crippen LogP contribution in [0.4, 0.5) is 0 Å². The van der Waals surface area contributed by atoms with Gasteiger partial charge in [0.1, 0.15) is 6.04 Å². The van der Waals surface area contributed by atoms with Crippen LogP contribution in [0.2, 0.25) is 0 Å². The second-order valence-corrected chi connectivity index (χ2v) is 5.26. The van der Waals surface area contributed by atoms with Crippen molar-refractivity contribution in [1.82, 2.24) is 10.6 Å². The molecule has 0 spiro atoms. The van der Waals surface area contributed by atoms with Gasteiger partial charge < -0.3 is 10.6 Å². The molecule has 1 atom stereocenters. The minimum absolute atomic E-state index is 0.204. The van der Waals surface area contributed by atoms with Crippen molar-refractivity contribution in [1.29, 1.82) is 0 Å². The van der Waals surface area contributed by atoms with E-state index in [-0.39, 0.29) is 11.8 Å². The first-order valence-electron chi connectivity index (χ1n) is 7.25. The van der Waals surface area contributed by atoms with Crippen LogP contribution in [0.25, 0.3) is 0 Å². The van der Waals surface area contributed by atoms with E-state index in [2.05, 4.69) is 10.6 Å². The van der Waals surface area contributed by atoms with E-state index in [9.17, 15) is 9.59 Å². The molecule has 2 N–H and O–H groups in total. The predicted octanol–water partition coefficient (Wildman–Crippen LogP) is 2.43. The van der Waals surface area contributed by atoms with E-state index >= 15 is 0 Å². The summed E-state index contributed by atoms with van der Waals surface area (Å²) in [5.74, 6) is -0.455. The maximum atomic E-state index is 12.0. The van der Waals surface area contributed by atoms with Gasteiger partial charge in [0.05, 0.1) is 0 Å². The van der Waals surface area contributed by atoms with Gasteiger partial charge in [-0.25, -0.2) is 0 Å². The zero-order valence-electron chi connectivity index (χ0n) is 12.8. The molecule has 0 aliphatic carbocycles. The molecule has 2 aromatic rings. The lowest BCUT2D eigenvalue weighted by atomic mass is 10.1. The molecular formula is C18H20N2O2. The van der Waals surface area contributed by atoms with Gasteiger partial charge in [0.15, 0.2) is 0 Å². The molecule has 2 amide bonds. The highest BCUT2D eigenvalue weighted by Gasteiger charge is 2.15. The van der Waals surface area contributed by atoms with E-state index < -0.39 is 6.04 Å². The van der Waals surface area contributed by atoms with Gasteiger partial charge in [0.2, 0.25) is 5.91 Å². The quantitative estimate of drug-likeness (QED) is 0.890. The monoisotopic (exact) mass is 296 g/mol. The third kappa shape index (κ3) is 4.45. The molecule has 0 bridgehead atoms. The lowest BCUT2D eigenvalue weighted by molar-refractivity contribution is -0.122.